The average Bonchev–Trinajstić information content (AvgIpc) is 3.14. The molecule has 2 aliphatic heterocycles. The van der Waals surface area contributed by atoms with E-state index < -0.39 is 0 Å². The van der Waals surface area contributed by atoms with Gasteiger partial charge in [-0.15, -0.1) is 0 Å². The summed E-state index contributed by atoms with van der Waals surface area (Å²) in [7, 11) is 1.26. The van der Waals surface area contributed by atoms with Crippen molar-refractivity contribution in [2.24, 2.45) is 5.92 Å². The molecular formula is C21H36BNO4. The summed E-state index contributed by atoms with van der Waals surface area (Å²) in [6, 6.07) is 1.05. The van der Waals surface area contributed by atoms with Crippen molar-refractivity contribution in [1.82, 2.24) is 4.90 Å². The monoisotopic (exact) mass is 377 g/mol. The van der Waals surface area contributed by atoms with E-state index in [4.69, 9.17) is 14.0 Å². The minimum absolute atomic E-state index is 0.0958. The molecule has 0 N–H and O–H groups in total. The fraction of sp³-hybridized carbons (Fsp3) is 0.857. The van der Waals surface area contributed by atoms with Crippen LogP contribution in [0, 0.1) is 5.92 Å². The van der Waals surface area contributed by atoms with Crippen LogP contribution in [0.25, 0.3) is 0 Å². The molecule has 0 bridgehead atoms. The molecule has 3 atom stereocenters. The number of hydrogen-bond acceptors (Lipinski definition) is 5. The second kappa shape index (κ2) is 7.88. The summed E-state index contributed by atoms with van der Waals surface area (Å²) in [5, 5.41) is 0. The van der Waals surface area contributed by atoms with Crippen LogP contribution in [0.4, 0.5) is 0 Å². The second-order valence-corrected chi connectivity index (χ2v) is 9.50. The first-order valence-corrected chi connectivity index (χ1v) is 10.5. The predicted molar refractivity (Wildman–Crippen MR) is 107 cm³/mol. The molecule has 1 aliphatic carbocycles. The number of likely N-dealkylation sites (tertiary alicyclic amines) is 1. The van der Waals surface area contributed by atoms with Crippen LogP contribution in [0.5, 0.6) is 0 Å². The highest BCUT2D eigenvalue weighted by atomic mass is 16.7. The van der Waals surface area contributed by atoms with Gasteiger partial charge in [0.1, 0.15) is 0 Å². The van der Waals surface area contributed by atoms with E-state index >= 15 is 0 Å². The zero-order valence-corrected chi connectivity index (χ0v) is 17.9. The molecule has 2 fully saturated rings. The second-order valence-electron chi connectivity index (χ2n) is 9.50. The standard InChI is InChI=1S/C21H36BNO4/c1-15-14-16(22-26-20(2,3)21(4,5)27-22)9-11-18(15)23-13-7-8-17(23)10-12-19(24)25-6/h9,15,17-18H,7-8,10-14H2,1-6H3. The van der Waals surface area contributed by atoms with Gasteiger partial charge in [-0.1, -0.05) is 13.0 Å². The topological polar surface area (TPSA) is 48.0 Å². The first-order valence-electron chi connectivity index (χ1n) is 10.5. The Morgan fingerprint density at radius 3 is 2.56 bits per heavy atom. The Morgan fingerprint density at radius 1 is 1.30 bits per heavy atom. The van der Waals surface area contributed by atoms with Gasteiger partial charge in [0.15, 0.2) is 0 Å². The third-order valence-corrected chi connectivity index (χ3v) is 7.15. The molecule has 2 heterocycles. The molecule has 0 saturated carbocycles. The largest absolute Gasteiger partial charge is 0.490 e. The van der Waals surface area contributed by atoms with Gasteiger partial charge in [0.25, 0.3) is 0 Å². The third kappa shape index (κ3) is 4.28. The normalized spacial score (nSPS) is 33.2. The number of carbonyl (C=O) groups excluding carboxylic acids is 1. The predicted octanol–water partition coefficient (Wildman–Crippen LogP) is 3.76. The molecule has 3 unspecified atom stereocenters. The molecule has 152 valence electrons. The van der Waals surface area contributed by atoms with Gasteiger partial charge >= 0.3 is 13.1 Å². The van der Waals surface area contributed by atoms with Crippen molar-refractivity contribution in [3.05, 3.63) is 11.5 Å². The smallest absolute Gasteiger partial charge is 0.469 e. The molecule has 3 rings (SSSR count). The number of ether oxygens (including phenoxy) is 1. The van der Waals surface area contributed by atoms with Gasteiger partial charge in [-0.3, -0.25) is 9.69 Å². The van der Waals surface area contributed by atoms with Crippen LogP contribution in [0.15, 0.2) is 11.5 Å². The zero-order chi connectivity index (χ0) is 19.8. The number of carbonyl (C=O) groups is 1. The number of esters is 1. The Hall–Kier alpha value is -0.845. The van der Waals surface area contributed by atoms with Crippen LogP contribution in [0.3, 0.4) is 0 Å². The highest BCUT2D eigenvalue weighted by Crippen LogP contribution is 2.42. The summed E-state index contributed by atoms with van der Waals surface area (Å²) in [6.07, 6.45) is 8.24. The lowest BCUT2D eigenvalue weighted by atomic mass is 9.68. The fourth-order valence-corrected chi connectivity index (χ4v) is 4.74. The van der Waals surface area contributed by atoms with Crippen LogP contribution >= 0.6 is 0 Å². The number of hydrogen-bond donors (Lipinski definition) is 0. The van der Waals surface area contributed by atoms with Crippen LogP contribution < -0.4 is 0 Å². The Bertz CT molecular complexity index is 573. The lowest BCUT2D eigenvalue weighted by molar-refractivity contribution is -0.141. The zero-order valence-electron chi connectivity index (χ0n) is 17.9. The maximum Gasteiger partial charge on any atom is 0.490 e. The number of allylic oxidation sites excluding steroid dienone is 1. The van der Waals surface area contributed by atoms with Gasteiger partial charge in [0, 0.05) is 18.5 Å². The maximum absolute atomic E-state index is 11.5. The molecule has 27 heavy (non-hydrogen) atoms. The van der Waals surface area contributed by atoms with Crippen LogP contribution in [0.1, 0.15) is 73.1 Å². The highest BCUT2D eigenvalue weighted by molar-refractivity contribution is 6.54. The minimum atomic E-state index is -0.285. The van der Waals surface area contributed by atoms with Gasteiger partial charge in [0.2, 0.25) is 0 Å². The molecule has 2 saturated heterocycles. The van der Waals surface area contributed by atoms with Gasteiger partial charge in [-0.25, -0.2) is 0 Å². The molecule has 0 amide bonds. The molecule has 0 aromatic carbocycles. The average molecular weight is 377 g/mol. The summed E-state index contributed by atoms with van der Waals surface area (Å²) in [4.78, 5) is 14.2. The van der Waals surface area contributed by atoms with E-state index in [0.29, 0.717) is 24.4 Å². The van der Waals surface area contributed by atoms with Crippen molar-refractivity contribution in [2.45, 2.75) is 96.4 Å². The van der Waals surface area contributed by atoms with E-state index in [2.05, 4.69) is 45.6 Å². The SMILES string of the molecule is COC(=O)CCC1CCCN1C1CC=C(B2OC(C)(C)C(C)(C)O2)CC1C. The first-order chi connectivity index (χ1) is 12.6. The van der Waals surface area contributed by atoms with Crippen LogP contribution in [-0.2, 0) is 18.8 Å². The van der Waals surface area contributed by atoms with Crippen molar-refractivity contribution >= 4 is 13.1 Å². The van der Waals surface area contributed by atoms with Crippen LogP contribution in [-0.4, -0.2) is 54.9 Å². The molecule has 6 heteroatoms. The van der Waals surface area contributed by atoms with E-state index in [1.54, 1.807) is 0 Å². The molecule has 5 nitrogen and oxygen atoms in total. The molecular weight excluding hydrogens is 341 g/mol. The molecule has 0 aromatic rings. The Morgan fingerprint density at radius 2 is 1.96 bits per heavy atom. The van der Waals surface area contributed by atoms with Crippen molar-refractivity contribution in [2.75, 3.05) is 13.7 Å². The Balaban J connectivity index is 1.63. The Labute approximate surface area is 164 Å². The summed E-state index contributed by atoms with van der Waals surface area (Å²) >= 11 is 0. The van der Waals surface area contributed by atoms with Crippen LogP contribution in [0.2, 0.25) is 0 Å². The van der Waals surface area contributed by atoms with Gasteiger partial charge < -0.3 is 14.0 Å². The van der Waals surface area contributed by atoms with Gasteiger partial charge in [-0.05, 0) is 77.7 Å². The van der Waals surface area contributed by atoms with E-state index in [1.165, 1.54) is 25.4 Å². The lowest BCUT2D eigenvalue weighted by Gasteiger charge is -2.39. The summed E-state index contributed by atoms with van der Waals surface area (Å²) in [5.41, 5.74) is 0.724. The molecule has 0 radical (unpaired) electrons. The molecule has 3 aliphatic rings. The maximum atomic E-state index is 11.5. The number of methoxy groups -OCH3 is 1. The summed E-state index contributed by atoms with van der Waals surface area (Å²) in [5.74, 6) is 0.462. The van der Waals surface area contributed by atoms with Crippen molar-refractivity contribution < 1.29 is 18.8 Å². The van der Waals surface area contributed by atoms with Crippen molar-refractivity contribution in [3.8, 4) is 0 Å². The van der Waals surface area contributed by atoms with E-state index in [1.807, 2.05) is 0 Å². The first kappa shape index (κ1) is 20.9. The third-order valence-electron chi connectivity index (χ3n) is 7.15. The van der Waals surface area contributed by atoms with Gasteiger partial charge in [0.05, 0.1) is 18.3 Å². The van der Waals surface area contributed by atoms with E-state index in [0.717, 1.165) is 25.8 Å². The quantitative estimate of drug-likeness (QED) is 0.539. The summed E-state index contributed by atoms with van der Waals surface area (Å²) < 4.78 is 17.3. The number of nitrogens with zero attached hydrogens (tertiary/aromatic N) is 1. The van der Waals surface area contributed by atoms with Crippen molar-refractivity contribution in [1.29, 1.82) is 0 Å². The van der Waals surface area contributed by atoms with Gasteiger partial charge in [-0.2, -0.15) is 0 Å². The fourth-order valence-electron chi connectivity index (χ4n) is 4.74. The molecule has 0 aromatic heterocycles. The van der Waals surface area contributed by atoms with E-state index in [9.17, 15) is 4.79 Å². The van der Waals surface area contributed by atoms with E-state index in [-0.39, 0.29) is 24.3 Å². The highest BCUT2D eigenvalue weighted by Gasteiger charge is 2.53. The number of rotatable bonds is 5. The lowest BCUT2D eigenvalue weighted by Crippen LogP contribution is -2.45. The summed E-state index contributed by atoms with van der Waals surface area (Å²) in [6.45, 7) is 11.9. The van der Waals surface area contributed by atoms with Crippen molar-refractivity contribution in [3.63, 3.8) is 0 Å². The molecule has 0 spiro atoms. The minimum Gasteiger partial charge on any atom is -0.469 e. The Kier molecular flexibility index (Phi) is 6.09.